The molecule has 1 aliphatic rings. The van der Waals surface area contributed by atoms with E-state index < -0.39 is 32.5 Å². The fourth-order valence-corrected chi connectivity index (χ4v) is 6.87. The zero-order valence-electron chi connectivity index (χ0n) is 21.4. The second kappa shape index (κ2) is 12.0. The van der Waals surface area contributed by atoms with Crippen molar-refractivity contribution >= 4 is 37.3 Å². The molecule has 0 spiro atoms. The Labute approximate surface area is 228 Å². The number of carbonyl (C=O) groups excluding carboxylic acids is 1. The third-order valence-electron chi connectivity index (χ3n) is 6.01. The molecule has 1 heterocycles. The van der Waals surface area contributed by atoms with Crippen molar-refractivity contribution in [2.24, 2.45) is 0 Å². The third-order valence-corrected chi connectivity index (χ3v) is 9.70. The highest BCUT2D eigenvalue weighted by atomic mass is 32.2. The van der Waals surface area contributed by atoms with E-state index in [0.29, 0.717) is 5.75 Å². The quantitative estimate of drug-likeness (QED) is 0.390. The predicted molar refractivity (Wildman–Crippen MR) is 145 cm³/mol. The van der Waals surface area contributed by atoms with E-state index in [0.717, 1.165) is 4.31 Å². The molecule has 3 aromatic rings. The van der Waals surface area contributed by atoms with Crippen LogP contribution < -0.4 is 19.1 Å². The van der Waals surface area contributed by atoms with E-state index in [1.165, 1.54) is 54.9 Å². The average molecular weight is 576 g/mol. The van der Waals surface area contributed by atoms with Crippen molar-refractivity contribution in [3.63, 3.8) is 0 Å². The molecule has 0 unspecified atom stereocenters. The number of carbonyl (C=O) groups is 1. The molecule has 0 aliphatic carbocycles. The zero-order valence-corrected chi connectivity index (χ0v) is 23.1. The Morgan fingerprint density at radius 2 is 1.62 bits per heavy atom. The average Bonchev–Trinajstić information content (AvgIpc) is 2.96. The van der Waals surface area contributed by atoms with Crippen molar-refractivity contribution < 1.29 is 35.8 Å². The van der Waals surface area contributed by atoms with Gasteiger partial charge in [-0.15, -0.1) is 0 Å². The Hall–Kier alpha value is -3.65. The number of morpholine rings is 1. The molecule has 0 saturated carbocycles. The molecule has 208 valence electrons. The van der Waals surface area contributed by atoms with Crippen molar-refractivity contribution in [2.45, 2.75) is 9.79 Å². The van der Waals surface area contributed by atoms with E-state index in [-0.39, 0.29) is 53.2 Å². The molecular weight excluding hydrogens is 546 g/mol. The van der Waals surface area contributed by atoms with Gasteiger partial charge in [0.15, 0.2) is 0 Å². The number of benzene rings is 3. The largest absolute Gasteiger partial charge is 0.497 e. The second-order valence-electron chi connectivity index (χ2n) is 8.45. The molecule has 1 amide bonds. The number of hydrogen-bond donors (Lipinski definition) is 1. The first-order valence-electron chi connectivity index (χ1n) is 11.9. The maximum atomic E-state index is 13.6. The standard InChI is InChI=1S/C26H29N3O8S2/c1-35-21-8-6-7-20(17-21)29(39(33,34)22-9-4-3-5-10-22)19-26(30)27-24-18-23(11-12-25(24)36-2)38(31,32)28-13-15-37-16-14-28/h3-12,17-18H,13-16,19H2,1-2H3,(H,27,30). The molecule has 1 N–H and O–H groups in total. The molecule has 11 nitrogen and oxygen atoms in total. The van der Waals surface area contributed by atoms with Gasteiger partial charge in [0.05, 0.1) is 48.6 Å². The topological polar surface area (TPSA) is 132 Å². The van der Waals surface area contributed by atoms with Crippen molar-refractivity contribution in [3.05, 3.63) is 72.8 Å². The number of sulfonamides is 2. The summed E-state index contributed by atoms with van der Waals surface area (Å²) in [5.41, 5.74) is 0.295. The van der Waals surface area contributed by atoms with Crippen LogP contribution in [0.5, 0.6) is 11.5 Å². The summed E-state index contributed by atoms with van der Waals surface area (Å²) in [4.78, 5) is 13.2. The first-order chi connectivity index (χ1) is 18.7. The molecule has 1 saturated heterocycles. The monoisotopic (exact) mass is 575 g/mol. The highest BCUT2D eigenvalue weighted by Gasteiger charge is 2.29. The van der Waals surface area contributed by atoms with Gasteiger partial charge in [-0.3, -0.25) is 9.10 Å². The van der Waals surface area contributed by atoms with E-state index in [9.17, 15) is 21.6 Å². The number of amides is 1. The van der Waals surface area contributed by atoms with Crippen LogP contribution in [0, 0.1) is 0 Å². The van der Waals surface area contributed by atoms with E-state index in [1.54, 1.807) is 36.4 Å². The third kappa shape index (κ3) is 6.33. The van der Waals surface area contributed by atoms with Gasteiger partial charge < -0.3 is 19.5 Å². The Morgan fingerprint density at radius 3 is 2.28 bits per heavy atom. The van der Waals surface area contributed by atoms with E-state index in [4.69, 9.17) is 14.2 Å². The van der Waals surface area contributed by atoms with Crippen LogP contribution in [0.3, 0.4) is 0 Å². The van der Waals surface area contributed by atoms with Crippen LogP contribution >= 0.6 is 0 Å². The summed E-state index contributed by atoms with van der Waals surface area (Å²) in [5, 5.41) is 2.62. The van der Waals surface area contributed by atoms with Crippen LogP contribution in [0.15, 0.2) is 82.6 Å². The molecule has 13 heteroatoms. The minimum atomic E-state index is -4.16. The molecule has 1 aliphatic heterocycles. The molecule has 39 heavy (non-hydrogen) atoms. The summed E-state index contributed by atoms with van der Waals surface area (Å²) in [7, 11) is -5.18. The van der Waals surface area contributed by atoms with Crippen molar-refractivity contribution in [3.8, 4) is 11.5 Å². The van der Waals surface area contributed by atoms with Crippen LogP contribution in [-0.4, -0.2) is 74.1 Å². The van der Waals surface area contributed by atoms with Gasteiger partial charge in [0.1, 0.15) is 18.0 Å². The van der Waals surface area contributed by atoms with Crippen molar-refractivity contribution in [2.75, 3.05) is 56.7 Å². The Kier molecular flexibility index (Phi) is 8.75. The Balaban J connectivity index is 1.66. The lowest BCUT2D eigenvalue weighted by Gasteiger charge is -2.26. The molecule has 1 fully saturated rings. The Morgan fingerprint density at radius 1 is 0.897 bits per heavy atom. The maximum Gasteiger partial charge on any atom is 0.264 e. The maximum absolute atomic E-state index is 13.6. The molecule has 4 rings (SSSR count). The van der Waals surface area contributed by atoms with Crippen molar-refractivity contribution in [1.29, 1.82) is 0 Å². The zero-order chi connectivity index (χ0) is 28.0. The number of anilines is 2. The van der Waals surface area contributed by atoms with Gasteiger partial charge in [-0.25, -0.2) is 16.8 Å². The van der Waals surface area contributed by atoms with Gasteiger partial charge >= 0.3 is 0 Å². The van der Waals surface area contributed by atoms with Gasteiger partial charge in [-0.2, -0.15) is 4.31 Å². The van der Waals surface area contributed by atoms with Crippen LogP contribution in [0.4, 0.5) is 11.4 Å². The summed E-state index contributed by atoms with van der Waals surface area (Å²) in [5.74, 6) is -0.0940. The molecule has 3 aromatic carbocycles. The number of rotatable bonds is 10. The lowest BCUT2D eigenvalue weighted by Crippen LogP contribution is -2.40. The highest BCUT2D eigenvalue weighted by molar-refractivity contribution is 7.92. The molecular formula is C26H29N3O8S2. The second-order valence-corrected chi connectivity index (χ2v) is 12.3. The van der Waals surface area contributed by atoms with Gasteiger partial charge in [-0.1, -0.05) is 24.3 Å². The first-order valence-corrected chi connectivity index (χ1v) is 14.8. The number of methoxy groups -OCH3 is 2. The van der Waals surface area contributed by atoms with Crippen molar-refractivity contribution in [1.82, 2.24) is 4.31 Å². The first kappa shape index (κ1) is 28.4. The van der Waals surface area contributed by atoms with Crippen LogP contribution in [0.25, 0.3) is 0 Å². The SMILES string of the molecule is COc1cccc(N(CC(=O)Nc2cc(S(=O)(=O)N3CCOCC3)ccc2OC)S(=O)(=O)c2ccccc2)c1. The number of hydrogen-bond acceptors (Lipinski definition) is 8. The Bertz CT molecular complexity index is 1520. The van der Waals surface area contributed by atoms with Crippen LogP contribution in [0.2, 0.25) is 0 Å². The summed E-state index contributed by atoms with van der Waals surface area (Å²) < 4.78 is 71.6. The lowest BCUT2D eigenvalue weighted by molar-refractivity contribution is -0.114. The number of ether oxygens (including phenoxy) is 3. The van der Waals surface area contributed by atoms with Crippen LogP contribution in [0.1, 0.15) is 0 Å². The van der Waals surface area contributed by atoms with Gasteiger partial charge in [-0.05, 0) is 42.5 Å². The molecule has 0 aromatic heterocycles. The van der Waals surface area contributed by atoms with E-state index in [2.05, 4.69) is 5.32 Å². The molecule has 0 radical (unpaired) electrons. The highest BCUT2D eigenvalue weighted by Crippen LogP contribution is 2.31. The van der Waals surface area contributed by atoms with Crippen LogP contribution in [-0.2, 0) is 29.6 Å². The van der Waals surface area contributed by atoms with Gasteiger partial charge in [0, 0.05) is 19.2 Å². The lowest BCUT2D eigenvalue weighted by atomic mass is 10.2. The number of nitrogens with one attached hydrogen (secondary N) is 1. The van der Waals surface area contributed by atoms with Gasteiger partial charge in [0.25, 0.3) is 10.0 Å². The smallest absolute Gasteiger partial charge is 0.264 e. The number of nitrogens with zero attached hydrogens (tertiary/aromatic N) is 2. The van der Waals surface area contributed by atoms with E-state index in [1.807, 2.05) is 0 Å². The molecule has 0 atom stereocenters. The minimum absolute atomic E-state index is 0.00296. The summed E-state index contributed by atoms with van der Waals surface area (Å²) in [6.07, 6.45) is 0. The normalized spacial score (nSPS) is 14.4. The summed E-state index contributed by atoms with van der Waals surface area (Å²) in [6, 6.07) is 18.2. The minimum Gasteiger partial charge on any atom is -0.497 e. The van der Waals surface area contributed by atoms with Gasteiger partial charge in [0.2, 0.25) is 15.9 Å². The fourth-order valence-electron chi connectivity index (χ4n) is 4.00. The fraction of sp³-hybridized carbons (Fsp3) is 0.269. The van der Waals surface area contributed by atoms with E-state index >= 15 is 0 Å². The summed E-state index contributed by atoms with van der Waals surface area (Å²) >= 11 is 0. The predicted octanol–water partition coefficient (Wildman–Crippen LogP) is 2.56. The summed E-state index contributed by atoms with van der Waals surface area (Å²) in [6.45, 7) is 0.393. The molecule has 0 bridgehead atoms.